The molecule has 4 rings (SSSR count). The predicted octanol–water partition coefficient (Wildman–Crippen LogP) is 3.10. The number of aromatic nitrogens is 1. The lowest BCUT2D eigenvalue weighted by atomic mass is 9.96. The van der Waals surface area contributed by atoms with Gasteiger partial charge in [-0.25, -0.2) is 0 Å². The highest BCUT2D eigenvalue weighted by Gasteiger charge is 2.22. The summed E-state index contributed by atoms with van der Waals surface area (Å²) in [5.74, 6) is 0.0865. The van der Waals surface area contributed by atoms with Crippen LogP contribution in [-0.2, 0) is 16.1 Å². The Morgan fingerprint density at radius 3 is 2.70 bits per heavy atom. The molecule has 0 bridgehead atoms. The van der Waals surface area contributed by atoms with E-state index in [9.17, 15) is 9.59 Å². The molecule has 0 aliphatic carbocycles. The Kier molecular flexibility index (Phi) is 6.09. The first-order chi connectivity index (χ1) is 14.6. The number of carbonyl (C=O) groups excluding carboxylic acids is 2. The molecule has 3 aromatic rings. The van der Waals surface area contributed by atoms with Gasteiger partial charge >= 0.3 is 11.8 Å². The molecular weight excluding hydrogens is 380 g/mol. The number of anilines is 1. The van der Waals surface area contributed by atoms with E-state index in [0.29, 0.717) is 18.2 Å². The maximum Gasteiger partial charge on any atom is 0.313 e. The smallest absolute Gasteiger partial charge is 0.313 e. The van der Waals surface area contributed by atoms with Crippen LogP contribution < -0.4 is 10.6 Å². The number of amides is 2. The highest BCUT2D eigenvalue weighted by atomic mass is 16.3. The van der Waals surface area contributed by atoms with Crippen molar-refractivity contribution < 1.29 is 14.0 Å². The Morgan fingerprint density at radius 2 is 1.93 bits per heavy atom. The summed E-state index contributed by atoms with van der Waals surface area (Å²) < 4.78 is 5.40. The van der Waals surface area contributed by atoms with Gasteiger partial charge in [-0.2, -0.15) is 0 Å². The van der Waals surface area contributed by atoms with Crippen LogP contribution in [0.2, 0.25) is 0 Å². The molecule has 1 aromatic carbocycles. The van der Waals surface area contributed by atoms with E-state index in [1.54, 1.807) is 12.3 Å². The van der Waals surface area contributed by atoms with Crippen LogP contribution in [0.1, 0.15) is 24.3 Å². The van der Waals surface area contributed by atoms with Crippen LogP contribution in [0.3, 0.4) is 0 Å². The zero-order chi connectivity index (χ0) is 20.9. The summed E-state index contributed by atoms with van der Waals surface area (Å²) in [7, 11) is 0. The maximum atomic E-state index is 12.4. The number of nitrogens with one attached hydrogen (secondary N) is 2. The molecule has 7 heteroatoms. The van der Waals surface area contributed by atoms with E-state index in [4.69, 9.17) is 4.42 Å². The van der Waals surface area contributed by atoms with Crippen LogP contribution in [0.5, 0.6) is 0 Å². The van der Waals surface area contributed by atoms with E-state index in [0.717, 1.165) is 54.8 Å². The van der Waals surface area contributed by atoms with Crippen LogP contribution in [0.25, 0.3) is 10.9 Å². The average Bonchev–Trinajstić information content (AvgIpc) is 3.26. The number of nitrogens with zero attached hydrogens (tertiary/aromatic N) is 2. The number of hydrogen-bond acceptors (Lipinski definition) is 5. The van der Waals surface area contributed by atoms with E-state index < -0.39 is 11.8 Å². The van der Waals surface area contributed by atoms with Gasteiger partial charge in [-0.1, -0.05) is 18.2 Å². The number of likely N-dealkylation sites (tertiary alicyclic amines) is 1. The molecule has 7 nitrogen and oxygen atoms in total. The Labute approximate surface area is 175 Å². The van der Waals surface area contributed by atoms with Crippen molar-refractivity contribution >= 4 is 28.4 Å². The number of benzene rings is 1. The number of fused-ring (bicyclic) bond motifs is 1. The summed E-state index contributed by atoms with van der Waals surface area (Å²) in [4.78, 5) is 31.5. The summed E-state index contributed by atoms with van der Waals surface area (Å²) >= 11 is 0. The minimum absolute atomic E-state index is 0.374. The van der Waals surface area contributed by atoms with E-state index >= 15 is 0 Å². The lowest BCUT2D eigenvalue weighted by molar-refractivity contribution is -0.136. The molecule has 0 radical (unpaired) electrons. The molecule has 0 saturated carbocycles. The molecule has 0 atom stereocenters. The second-order valence-electron chi connectivity index (χ2n) is 7.79. The van der Waals surface area contributed by atoms with Crippen molar-refractivity contribution in [3.05, 3.63) is 60.2 Å². The fraction of sp³-hybridized carbons (Fsp3) is 0.348. The fourth-order valence-electron chi connectivity index (χ4n) is 3.88. The molecule has 156 valence electrons. The minimum Gasteiger partial charge on any atom is -0.468 e. The molecule has 0 spiro atoms. The standard InChI is InChI=1S/C23H26N4O3/c1-16-13-21(19-6-2-3-7-20(19)25-16)26-23(29)22(28)24-14-17-8-10-27(11-9-17)15-18-5-4-12-30-18/h2-7,12-13,17H,8-11,14-15H2,1H3,(H,24,28)(H,25,26,29). The van der Waals surface area contributed by atoms with E-state index in [2.05, 4.69) is 20.5 Å². The first-order valence-electron chi connectivity index (χ1n) is 10.3. The quantitative estimate of drug-likeness (QED) is 0.636. The zero-order valence-electron chi connectivity index (χ0n) is 17.1. The van der Waals surface area contributed by atoms with Crippen molar-refractivity contribution in [2.24, 2.45) is 5.92 Å². The van der Waals surface area contributed by atoms with Crippen molar-refractivity contribution in [2.45, 2.75) is 26.3 Å². The number of piperidine rings is 1. The molecule has 1 aliphatic heterocycles. The summed E-state index contributed by atoms with van der Waals surface area (Å²) in [6, 6.07) is 13.2. The Hall–Kier alpha value is -3.19. The van der Waals surface area contributed by atoms with Crippen LogP contribution in [-0.4, -0.2) is 41.3 Å². The van der Waals surface area contributed by atoms with Gasteiger partial charge in [-0.05, 0) is 63.0 Å². The molecule has 1 saturated heterocycles. The van der Waals surface area contributed by atoms with Gasteiger partial charge in [-0.3, -0.25) is 19.5 Å². The first kappa shape index (κ1) is 20.1. The highest BCUT2D eigenvalue weighted by molar-refractivity contribution is 6.40. The van der Waals surface area contributed by atoms with Gasteiger partial charge in [0.1, 0.15) is 5.76 Å². The van der Waals surface area contributed by atoms with Crippen molar-refractivity contribution in [1.29, 1.82) is 0 Å². The van der Waals surface area contributed by atoms with Gasteiger partial charge in [0, 0.05) is 17.6 Å². The molecule has 2 aromatic heterocycles. The lowest BCUT2D eigenvalue weighted by Crippen LogP contribution is -2.41. The molecular formula is C23H26N4O3. The van der Waals surface area contributed by atoms with Crippen LogP contribution >= 0.6 is 0 Å². The average molecular weight is 406 g/mol. The van der Waals surface area contributed by atoms with E-state index in [-0.39, 0.29) is 0 Å². The summed E-state index contributed by atoms with van der Waals surface area (Å²) in [6.45, 7) is 5.09. The molecule has 0 unspecified atom stereocenters. The lowest BCUT2D eigenvalue weighted by Gasteiger charge is -2.31. The van der Waals surface area contributed by atoms with Crippen LogP contribution in [0, 0.1) is 12.8 Å². The Morgan fingerprint density at radius 1 is 1.13 bits per heavy atom. The molecule has 1 fully saturated rings. The molecule has 3 heterocycles. The largest absolute Gasteiger partial charge is 0.468 e. The number of rotatable bonds is 5. The van der Waals surface area contributed by atoms with Crippen LogP contribution in [0.4, 0.5) is 5.69 Å². The monoisotopic (exact) mass is 406 g/mol. The molecule has 30 heavy (non-hydrogen) atoms. The van der Waals surface area contributed by atoms with Gasteiger partial charge in [-0.15, -0.1) is 0 Å². The normalized spacial score (nSPS) is 15.2. The van der Waals surface area contributed by atoms with Crippen molar-refractivity contribution in [3.8, 4) is 0 Å². The van der Waals surface area contributed by atoms with Crippen molar-refractivity contribution in [2.75, 3.05) is 25.0 Å². The van der Waals surface area contributed by atoms with E-state index in [1.807, 2.05) is 43.3 Å². The first-order valence-corrected chi connectivity index (χ1v) is 10.3. The van der Waals surface area contributed by atoms with Gasteiger partial charge in [0.05, 0.1) is 24.0 Å². The third-order valence-corrected chi connectivity index (χ3v) is 5.52. The van der Waals surface area contributed by atoms with Gasteiger partial charge in [0.2, 0.25) is 0 Å². The number of hydrogen-bond donors (Lipinski definition) is 2. The predicted molar refractivity (Wildman–Crippen MR) is 115 cm³/mol. The Balaban J connectivity index is 1.26. The second kappa shape index (κ2) is 9.09. The number of furan rings is 1. The van der Waals surface area contributed by atoms with Crippen molar-refractivity contribution in [1.82, 2.24) is 15.2 Å². The van der Waals surface area contributed by atoms with Crippen LogP contribution in [0.15, 0.2) is 53.1 Å². The molecule has 2 amide bonds. The maximum absolute atomic E-state index is 12.4. The molecule has 1 aliphatic rings. The highest BCUT2D eigenvalue weighted by Crippen LogP contribution is 2.23. The number of aryl methyl sites for hydroxylation is 1. The number of para-hydroxylation sites is 1. The summed E-state index contributed by atoms with van der Waals surface area (Å²) in [5.41, 5.74) is 2.17. The SMILES string of the molecule is Cc1cc(NC(=O)C(=O)NCC2CCN(Cc3ccco3)CC2)c2ccccc2n1. The minimum atomic E-state index is -0.652. The third-order valence-electron chi connectivity index (χ3n) is 5.52. The Bertz CT molecular complexity index is 1020. The fourth-order valence-corrected chi connectivity index (χ4v) is 3.88. The van der Waals surface area contributed by atoms with Gasteiger partial charge in [0.25, 0.3) is 0 Å². The number of carbonyl (C=O) groups is 2. The third kappa shape index (κ3) is 4.86. The van der Waals surface area contributed by atoms with Crippen molar-refractivity contribution in [3.63, 3.8) is 0 Å². The second-order valence-corrected chi connectivity index (χ2v) is 7.79. The van der Waals surface area contributed by atoms with Gasteiger partial charge in [0.15, 0.2) is 0 Å². The zero-order valence-corrected chi connectivity index (χ0v) is 17.1. The van der Waals surface area contributed by atoms with Gasteiger partial charge < -0.3 is 15.1 Å². The topological polar surface area (TPSA) is 87.5 Å². The summed E-state index contributed by atoms with van der Waals surface area (Å²) in [5, 5.41) is 6.34. The molecule has 2 N–H and O–H groups in total. The summed E-state index contributed by atoms with van der Waals surface area (Å²) in [6.07, 6.45) is 3.66. The van der Waals surface area contributed by atoms with E-state index in [1.165, 1.54) is 0 Å². The number of pyridine rings is 1.